The third-order valence-electron chi connectivity index (χ3n) is 3.19. The molecule has 0 amide bonds. The smallest absolute Gasteiger partial charge is 0.282 e. The lowest BCUT2D eigenvalue weighted by Crippen LogP contribution is -2.19. The van der Waals surface area contributed by atoms with Gasteiger partial charge in [0.25, 0.3) is 10.1 Å². The van der Waals surface area contributed by atoms with Gasteiger partial charge < -0.3 is 0 Å². The van der Waals surface area contributed by atoms with Gasteiger partial charge in [0, 0.05) is 17.7 Å². The molecule has 0 unspecified atom stereocenters. The third kappa shape index (κ3) is 3.65. The van der Waals surface area contributed by atoms with Crippen LogP contribution >= 0.6 is 0 Å². The summed E-state index contributed by atoms with van der Waals surface area (Å²) < 4.78 is 33.1. The van der Waals surface area contributed by atoms with Crippen LogP contribution in [0.5, 0.6) is 0 Å². The Labute approximate surface area is 119 Å². The molecule has 1 aliphatic rings. The van der Waals surface area contributed by atoms with Crippen LogP contribution < -0.4 is 0 Å². The highest BCUT2D eigenvalue weighted by atomic mass is 32.2. The van der Waals surface area contributed by atoms with Crippen molar-refractivity contribution in [1.82, 2.24) is 0 Å². The van der Waals surface area contributed by atoms with Gasteiger partial charge in [0.1, 0.15) is 6.54 Å². The van der Waals surface area contributed by atoms with Crippen molar-refractivity contribution >= 4 is 15.8 Å². The second kappa shape index (κ2) is 6.15. The van der Waals surface area contributed by atoms with Gasteiger partial charge in [0.15, 0.2) is 12.3 Å². The fraction of sp³-hybridized carbons (Fsp3) is 0.267. The molecule has 20 heavy (non-hydrogen) atoms. The molecule has 0 saturated carbocycles. The van der Waals surface area contributed by atoms with Crippen molar-refractivity contribution in [3.05, 3.63) is 54.1 Å². The number of hydrogen-bond acceptors (Lipinski definition) is 2. The third-order valence-corrected chi connectivity index (χ3v) is 4.06. The molecule has 0 spiro atoms. The molecule has 5 heteroatoms. The first-order valence-electron chi connectivity index (χ1n) is 6.52. The molecule has 1 aromatic rings. The summed E-state index contributed by atoms with van der Waals surface area (Å²) in [6, 6.07) is 6.30. The van der Waals surface area contributed by atoms with Gasteiger partial charge in [-0.15, -0.1) is 0 Å². The molecule has 0 radical (unpaired) electrons. The van der Waals surface area contributed by atoms with Crippen molar-refractivity contribution in [2.75, 3.05) is 6.54 Å². The molecule has 106 valence electrons. The van der Waals surface area contributed by atoms with E-state index < -0.39 is 10.1 Å². The Morgan fingerprint density at radius 2 is 1.75 bits per heavy atom. The standard InChI is InChI=1S/C15H17NO3S/c1-2-16(14-6-4-3-5-7-14)12-13-8-10-15(11-9-13)20(17,18)19/h4-11H,2-3,12H2,1H3/p+1. The Kier molecular flexibility index (Phi) is 4.52. The van der Waals surface area contributed by atoms with E-state index in [2.05, 4.69) is 35.8 Å². The van der Waals surface area contributed by atoms with Crippen molar-refractivity contribution in [2.24, 2.45) is 0 Å². The first kappa shape index (κ1) is 14.7. The lowest BCUT2D eigenvalue weighted by Gasteiger charge is -2.06. The lowest BCUT2D eigenvalue weighted by molar-refractivity contribution is -0.539. The highest BCUT2D eigenvalue weighted by Gasteiger charge is 2.12. The van der Waals surface area contributed by atoms with E-state index in [1.165, 1.54) is 12.1 Å². The maximum absolute atomic E-state index is 11.0. The second-order valence-electron chi connectivity index (χ2n) is 4.60. The van der Waals surface area contributed by atoms with Gasteiger partial charge in [-0.25, -0.2) is 4.58 Å². The maximum atomic E-state index is 11.0. The van der Waals surface area contributed by atoms with Crippen LogP contribution in [-0.2, 0) is 16.7 Å². The highest BCUT2D eigenvalue weighted by molar-refractivity contribution is 7.85. The number of hydrogen-bond donors (Lipinski definition) is 1. The molecule has 0 fully saturated rings. The number of nitrogens with zero attached hydrogens (tertiary/aromatic N) is 1. The van der Waals surface area contributed by atoms with E-state index in [0.717, 1.165) is 24.2 Å². The van der Waals surface area contributed by atoms with Crippen molar-refractivity contribution < 1.29 is 17.5 Å². The van der Waals surface area contributed by atoms with E-state index in [1.54, 1.807) is 12.1 Å². The summed E-state index contributed by atoms with van der Waals surface area (Å²) in [4.78, 5) is -0.0746. The molecule has 0 heterocycles. The van der Waals surface area contributed by atoms with Gasteiger partial charge in [-0.2, -0.15) is 8.42 Å². The molecule has 2 rings (SSSR count). The van der Waals surface area contributed by atoms with E-state index in [-0.39, 0.29) is 4.90 Å². The monoisotopic (exact) mass is 292 g/mol. The molecular weight excluding hydrogens is 274 g/mol. The van der Waals surface area contributed by atoms with Crippen LogP contribution in [0.25, 0.3) is 0 Å². The van der Waals surface area contributed by atoms with E-state index in [9.17, 15) is 8.42 Å². The zero-order chi connectivity index (χ0) is 14.6. The molecule has 1 N–H and O–H groups in total. The minimum atomic E-state index is -4.12. The first-order valence-corrected chi connectivity index (χ1v) is 7.96. The van der Waals surface area contributed by atoms with Crippen molar-refractivity contribution in [1.29, 1.82) is 0 Å². The molecule has 1 aliphatic carbocycles. The van der Waals surface area contributed by atoms with Crippen LogP contribution in [0.15, 0.2) is 53.5 Å². The summed E-state index contributed by atoms with van der Waals surface area (Å²) in [7, 11) is -4.12. The topological polar surface area (TPSA) is 57.4 Å². The van der Waals surface area contributed by atoms with Crippen LogP contribution in [0.4, 0.5) is 0 Å². The Hall–Kier alpha value is -1.72. The van der Waals surface area contributed by atoms with Gasteiger partial charge in [-0.05, 0) is 25.5 Å². The molecule has 0 saturated heterocycles. The summed E-state index contributed by atoms with van der Waals surface area (Å²) in [5.74, 6) is 0. The second-order valence-corrected chi connectivity index (χ2v) is 6.02. The van der Waals surface area contributed by atoms with Gasteiger partial charge in [0.05, 0.1) is 4.90 Å². The Bertz CT molecular complexity index is 654. The Balaban J connectivity index is 2.23. The van der Waals surface area contributed by atoms with E-state index in [1.807, 2.05) is 0 Å². The minimum Gasteiger partial charge on any atom is -0.282 e. The van der Waals surface area contributed by atoms with E-state index in [0.29, 0.717) is 6.54 Å². The van der Waals surface area contributed by atoms with Gasteiger partial charge in [-0.1, -0.05) is 24.3 Å². The molecular formula is C15H18NO3S+. The lowest BCUT2D eigenvalue weighted by atomic mass is 10.1. The Morgan fingerprint density at radius 1 is 1.15 bits per heavy atom. The van der Waals surface area contributed by atoms with Crippen molar-refractivity contribution in [3.63, 3.8) is 0 Å². The van der Waals surface area contributed by atoms with Crippen molar-refractivity contribution in [3.8, 4) is 0 Å². The molecule has 4 nitrogen and oxygen atoms in total. The quantitative estimate of drug-likeness (QED) is 0.685. The largest absolute Gasteiger partial charge is 0.294 e. The van der Waals surface area contributed by atoms with Crippen LogP contribution in [0.2, 0.25) is 0 Å². The summed E-state index contributed by atoms with van der Waals surface area (Å²) in [5, 5.41) is 0. The zero-order valence-electron chi connectivity index (χ0n) is 11.4. The van der Waals surface area contributed by atoms with Gasteiger partial charge >= 0.3 is 0 Å². The fourth-order valence-electron chi connectivity index (χ4n) is 2.10. The van der Waals surface area contributed by atoms with Crippen LogP contribution in [0.3, 0.4) is 0 Å². The van der Waals surface area contributed by atoms with E-state index >= 15 is 0 Å². The fourth-order valence-corrected chi connectivity index (χ4v) is 2.58. The molecule has 1 aromatic carbocycles. The molecule has 0 aromatic heterocycles. The predicted molar refractivity (Wildman–Crippen MR) is 78.7 cm³/mol. The summed E-state index contributed by atoms with van der Waals surface area (Å²) in [6.45, 7) is 3.65. The molecule has 0 bridgehead atoms. The van der Waals surface area contributed by atoms with Crippen LogP contribution in [0.1, 0.15) is 18.9 Å². The highest BCUT2D eigenvalue weighted by Crippen LogP contribution is 2.11. The normalized spacial score (nSPS) is 14.6. The maximum Gasteiger partial charge on any atom is 0.294 e. The summed E-state index contributed by atoms with van der Waals surface area (Å²) in [5.41, 5.74) is 2.15. The zero-order valence-corrected chi connectivity index (χ0v) is 12.2. The average Bonchev–Trinajstić information content (AvgIpc) is 2.45. The van der Waals surface area contributed by atoms with Crippen molar-refractivity contribution in [2.45, 2.75) is 24.8 Å². The van der Waals surface area contributed by atoms with Gasteiger partial charge in [-0.3, -0.25) is 4.55 Å². The first-order chi connectivity index (χ1) is 9.50. The molecule has 0 aliphatic heterocycles. The number of rotatable bonds is 4. The minimum absolute atomic E-state index is 0.0746. The van der Waals surface area contributed by atoms with Crippen LogP contribution in [0, 0.1) is 0 Å². The number of benzene rings is 1. The Morgan fingerprint density at radius 3 is 2.25 bits per heavy atom. The summed E-state index contributed by atoms with van der Waals surface area (Å²) in [6.07, 6.45) is 9.37. The van der Waals surface area contributed by atoms with Gasteiger partial charge in [0.2, 0.25) is 0 Å². The van der Waals surface area contributed by atoms with Crippen LogP contribution in [-0.4, -0.2) is 29.8 Å². The number of allylic oxidation sites excluding steroid dienone is 4. The van der Waals surface area contributed by atoms with E-state index in [4.69, 9.17) is 4.55 Å². The summed E-state index contributed by atoms with van der Waals surface area (Å²) >= 11 is 0. The molecule has 0 atom stereocenters. The SMILES string of the molecule is CC[N+](Cc1ccc(S(=O)(=O)O)cc1)=C1C=CCC=C1. The average molecular weight is 292 g/mol. The predicted octanol–water partition coefficient (Wildman–Crippen LogP) is 2.42.